The number of anilines is 1. The first kappa shape index (κ1) is 21.4. The molecule has 0 aliphatic heterocycles. The van der Waals surface area contributed by atoms with E-state index < -0.39 is 0 Å². The zero-order valence-corrected chi connectivity index (χ0v) is 18.4. The zero-order valence-electron chi connectivity index (χ0n) is 17.6. The van der Waals surface area contributed by atoms with E-state index in [-0.39, 0.29) is 18.2 Å². The lowest BCUT2D eigenvalue weighted by Gasteiger charge is -2.08. The highest BCUT2D eigenvalue weighted by molar-refractivity contribution is 7.20. The van der Waals surface area contributed by atoms with Crippen LogP contribution >= 0.6 is 11.3 Å². The van der Waals surface area contributed by atoms with Gasteiger partial charge >= 0.3 is 0 Å². The molecule has 0 aliphatic rings. The summed E-state index contributed by atoms with van der Waals surface area (Å²) in [5.74, 6) is 1.32. The third-order valence-corrected chi connectivity index (χ3v) is 5.95. The number of aromatic amines is 1. The van der Waals surface area contributed by atoms with Crippen molar-refractivity contribution in [2.24, 2.45) is 0 Å². The maximum absolute atomic E-state index is 12.7. The molecule has 4 aromatic rings. The van der Waals surface area contributed by atoms with Crippen LogP contribution in [0, 0.1) is 0 Å². The van der Waals surface area contributed by atoms with E-state index in [1.807, 2.05) is 48.5 Å². The van der Waals surface area contributed by atoms with Crippen LogP contribution in [0.2, 0.25) is 0 Å². The molecule has 0 saturated carbocycles. The SMILES string of the molecule is COc1ccccc1CNC(=O)c1cc2c(NC(=O)Cc3ccccc3OC)n[nH]c2s1. The molecular weight excluding hydrogens is 428 g/mol. The fourth-order valence-corrected chi connectivity index (χ4v) is 4.25. The maximum Gasteiger partial charge on any atom is 0.261 e. The second-order valence-electron chi connectivity index (χ2n) is 6.96. The molecule has 0 radical (unpaired) electrons. The van der Waals surface area contributed by atoms with Gasteiger partial charge in [0.2, 0.25) is 5.91 Å². The summed E-state index contributed by atoms with van der Waals surface area (Å²) in [6.07, 6.45) is 0.148. The van der Waals surface area contributed by atoms with Crippen molar-refractivity contribution < 1.29 is 19.1 Å². The Morgan fingerprint density at radius 3 is 2.38 bits per heavy atom. The highest BCUT2D eigenvalue weighted by Gasteiger charge is 2.17. The lowest BCUT2D eigenvalue weighted by atomic mass is 10.1. The number of methoxy groups -OCH3 is 2. The second-order valence-corrected chi connectivity index (χ2v) is 8.01. The fourth-order valence-electron chi connectivity index (χ4n) is 3.33. The average molecular weight is 451 g/mol. The van der Waals surface area contributed by atoms with Gasteiger partial charge < -0.3 is 20.1 Å². The molecule has 4 rings (SSSR count). The minimum atomic E-state index is -0.226. The van der Waals surface area contributed by atoms with Crippen LogP contribution in [-0.4, -0.2) is 36.2 Å². The summed E-state index contributed by atoms with van der Waals surface area (Å²) in [6.45, 7) is 0.343. The van der Waals surface area contributed by atoms with Gasteiger partial charge in [0.1, 0.15) is 16.3 Å². The van der Waals surface area contributed by atoms with Crippen LogP contribution in [0.5, 0.6) is 11.5 Å². The third-order valence-electron chi connectivity index (χ3n) is 4.91. The van der Waals surface area contributed by atoms with Crippen molar-refractivity contribution in [2.75, 3.05) is 19.5 Å². The summed E-state index contributed by atoms with van der Waals surface area (Å²) in [4.78, 5) is 26.4. The first-order chi connectivity index (χ1) is 15.6. The molecule has 0 unspecified atom stereocenters. The number of ether oxygens (including phenoxy) is 2. The standard InChI is InChI=1S/C23H22N4O4S/c1-30-17-9-5-3-7-14(17)11-20(28)25-21-16-12-19(32-23(16)27-26-21)22(29)24-13-15-8-4-6-10-18(15)31-2/h3-10,12H,11,13H2,1-2H3,(H,24,29)(H2,25,26,27,28). The summed E-state index contributed by atoms with van der Waals surface area (Å²) in [6, 6.07) is 16.6. The number of fused-ring (bicyclic) bond motifs is 1. The highest BCUT2D eigenvalue weighted by atomic mass is 32.1. The minimum absolute atomic E-state index is 0.148. The highest BCUT2D eigenvalue weighted by Crippen LogP contribution is 2.29. The monoisotopic (exact) mass is 450 g/mol. The Bertz CT molecular complexity index is 1260. The first-order valence-electron chi connectivity index (χ1n) is 9.88. The molecule has 3 N–H and O–H groups in total. The lowest BCUT2D eigenvalue weighted by Crippen LogP contribution is -2.22. The topological polar surface area (TPSA) is 105 Å². The van der Waals surface area contributed by atoms with Crippen molar-refractivity contribution in [3.63, 3.8) is 0 Å². The Morgan fingerprint density at radius 1 is 1.00 bits per heavy atom. The lowest BCUT2D eigenvalue weighted by molar-refractivity contribution is -0.115. The smallest absolute Gasteiger partial charge is 0.261 e. The van der Waals surface area contributed by atoms with Gasteiger partial charge in [-0.3, -0.25) is 14.7 Å². The Balaban J connectivity index is 1.44. The molecule has 2 amide bonds. The van der Waals surface area contributed by atoms with Crippen molar-refractivity contribution in [3.05, 3.63) is 70.6 Å². The van der Waals surface area contributed by atoms with E-state index in [4.69, 9.17) is 9.47 Å². The van der Waals surface area contributed by atoms with Gasteiger partial charge in [0.15, 0.2) is 5.82 Å². The van der Waals surface area contributed by atoms with Gasteiger partial charge in [-0.05, 0) is 18.2 Å². The number of hydrogen-bond donors (Lipinski definition) is 3. The third kappa shape index (κ3) is 4.57. The van der Waals surface area contributed by atoms with Crippen molar-refractivity contribution in [3.8, 4) is 11.5 Å². The van der Waals surface area contributed by atoms with E-state index in [9.17, 15) is 9.59 Å². The molecule has 0 saturated heterocycles. The van der Waals surface area contributed by atoms with Crippen molar-refractivity contribution in [2.45, 2.75) is 13.0 Å². The predicted molar refractivity (Wildman–Crippen MR) is 123 cm³/mol. The van der Waals surface area contributed by atoms with E-state index in [0.717, 1.165) is 16.9 Å². The fraction of sp³-hybridized carbons (Fsp3) is 0.174. The number of amides is 2. The number of rotatable bonds is 8. The quantitative estimate of drug-likeness (QED) is 0.379. The van der Waals surface area contributed by atoms with E-state index >= 15 is 0 Å². The molecule has 2 heterocycles. The molecule has 9 heteroatoms. The van der Waals surface area contributed by atoms with Gasteiger partial charge in [-0.25, -0.2) is 0 Å². The minimum Gasteiger partial charge on any atom is -0.496 e. The van der Waals surface area contributed by atoms with E-state index in [1.54, 1.807) is 20.3 Å². The number of nitrogens with zero attached hydrogens (tertiary/aromatic N) is 1. The Kier molecular flexibility index (Phi) is 6.37. The Morgan fingerprint density at radius 2 is 1.66 bits per heavy atom. The number of thiophene rings is 1. The molecule has 164 valence electrons. The molecular formula is C23H22N4O4S. The van der Waals surface area contributed by atoms with Crippen LogP contribution in [0.1, 0.15) is 20.8 Å². The summed E-state index contributed by atoms with van der Waals surface area (Å²) in [5.41, 5.74) is 1.66. The normalized spacial score (nSPS) is 10.7. The summed E-state index contributed by atoms with van der Waals surface area (Å²) >= 11 is 1.28. The van der Waals surface area contributed by atoms with Gasteiger partial charge in [-0.2, -0.15) is 5.10 Å². The number of aromatic nitrogens is 2. The van der Waals surface area contributed by atoms with Crippen molar-refractivity contribution in [1.29, 1.82) is 0 Å². The first-order valence-corrected chi connectivity index (χ1v) is 10.7. The van der Waals surface area contributed by atoms with Gasteiger partial charge in [0, 0.05) is 17.7 Å². The van der Waals surface area contributed by atoms with E-state index in [0.29, 0.717) is 33.2 Å². The second kappa shape index (κ2) is 9.52. The molecule has 0 bridgehead atoms. The summed E-state index contributed by atoms with van der Waals surface area (Å²) in [5, 5.41) is 13.4. The maximum atomic E-state index is 12.7. The van der Waals surface area contributed by atoms with E-state index in [2.05, 4.69) is 20.8 Å². The predicted octanol–water partition coefficient (Wildman–Crippen LogP) is 3.75. The van der Waals surface area contributed by atoms with Gasteiger partial charge in [-0.15, -0.1) is 11.3 Å². The Hall–Kier alpha value is -3.85. The summed E-state index contributed by atoms with van der Waals surface area (Å²) in [7, 11) is 3.17. The van der Waals surface area contributed by atoms with Crippen LogP contribution in [0.15, 0.2) is 54.6 Å². The number of nitrogens with one attached hydrogen (secondary N) is 3. The van der Waals surface area contributed by atoms with Crippen LogP contribution in [0.25, 0.3) is 10.2 Å². The van der Waals surface area contributed by atoms with Gasteiger partial charge in [-0.1, -0.05) is 36.4 Å². The molecule has 0 fully saturated rings. The number of hydrogen-bond acceptors (Lipinski definition) is 6. The van der Waals surface area contributed by atoms with Crippen LogP contribution in [0.4, 0.5) is 5.82 Å². The number of carbonyl (C=O) groups excluding carboxylic acids is 2. The van der Waals surface area contributed by atoms with E-state index in [1.165, 1.54) is 11.3 Å². The molecule has 8 nitrogen and oxygen atoms in total. The van der Waals surface area contributed by atoms with Gasteiger partial charge in [0.25, 0.3) is 5.91 Å². The van der Waals surface area contributed by atoms with Crippen molar-refractivity contribution >= 4 is 39.2 Å². The molecule has 0 atom stereocenters. The summed E-state index contributed by atoms with van der Waals surface area (Å²) < 4.78 is 10.6. The molecule has 0 spiro atoms. The molecule has 2 aromatic carbocycles. The van der Waals surface area contributed by atoms with Crippen LogP contribution in [0.3, 0.4) is 0 Å². The van der Waals surface area contributed by atoms with Crippen molar-refractivity contribution in [1.82, 2.24) is 15.5 Å². The molecule has 32 heavy (non-hydrogen) atoms. The molecule has 2 aromatic heterocycles. The zero-order chi connectivity index (χ0) is 22.5. The number of para-hydroxylation sites is 2. The van der Waals surface area contributed by atoms with Crippen LogP contribution in [-0.2, 0) is 17.8 Å². The largest absolute Gasteiger partial charge is 0.496 e. The number of H-pyrrole nitrogens is 1. The Labute approximate surface area is 188 Å². The number of benzene rings is 2. The van der Waals surface area contributed by atoms with Gasteiger partial charge in [0.05, 0.1) is 30.9 Å². The average Bonchev–Trinajstić information content (AvgIpc) is 3.40. The molecule has 0 aliphatic carbocycles. The number of carbonyl (C=O) groups is 2. The van der Waals surface area contributed by atoms with Crippen LogP contribution < -0.4 is 20.1 Å².